The van der Waals surface area contributed by atoms with Crippen LogP contribution in [-0.4, -0.2) is 5.97 Å². The van der Waals surface area contributed by atoms with E-state index in [4.69, 9.17) is 4.74 Å². The summed E-state index contributed by atoms with van der Waals surface area (Å²) in [4.78, 5) is 11.1. The van der Waals surface area contributed by atoms with Gasteiger partial charge in [-0.15, -0.1) is 0 Å². The lowest BCUT2D eigenvalue weighted by atomic mass is 10.2. The standard InChI is InChI=1S/C12H14O2/c1-10(2)8-12(13)14-9-11-6-4-3-5-7-11/h3-8H,9H2,1-2H3. The quantitative estimate of drug-likeness (QED) is 0.541. The zero-order valence-electron chi connectivity index (χ0n) is 8.49. The van der Waals surface area contributed by atoms with E-state index < -0.39 is 0 Å². The molecule has 74 valence electrons. The molecule has 2 nitrogen and oxygen atoms in total. The topological polar surface area (TPSA) is 26.3 Å². The molecular formula is C12H14O2. The van der Waals surface area contributed by atoms with Gasteiger partial charge in [-0.3, -0.25) is 0 Å². The third kappa shape index (κ3) is 3.90. The smallest absolute Gasteiger partial charge is 0.331 e. The Labute approximate surface area is 84.2 Å². The Kier molecular flexibility index (Phi) is 3.92. The third-order valence-corrected chi connectivity index (χ3v) is 1.63. The second-order valence-electron chi connectivity index (χ2n) is 3.31. The van der Waals surface area contributed by atoms with Crippen molar-refractivity contribution in [3.8, 4) is 0 Å². The van der Waals surface area contributed by atoms with Crippen LogP contribution in [0, 0.1) is 0 Å². The van der Waals surface area contributed by atoms with Crippen LogP contribution in [0.2, 0.25) is 0 Å². The molecule has 0 bridgehead atoms. The number of ether oxygens (including phenoxy) is 1. The van der Waals surface area contributed by atoms with E-state index in [2.05, 4.69) is 0 Å². The van der Waals surface area contributed by atoms with E-state index in [0.717, 1.165) is 11.1 Å². The minimum absolute atomic E-state index is 0.283. The van der Waals surface area contributed by atoms with E-state index in [1.165, 1.54) is 6.08 Å². The molecule has 0 spiro atoms. The number of carbonyl (C=O) groups excluding carboxylic acids is 1. The maximum atomic E-state index is 11.1. The summed E-state index contributed by atoms with van der Waals surface area (Å²) < 4.78 is 5.02. The largest absolute Gasteiger partial charge is 0.458 e. The third-order valence-electron chi connectivity index (χ3n) is 1.63. The Hall–Kier alpha value is -1.57. The summed E-state index contributed by atoms with van der Waals surface area (Å²) in [6.45, 7) is 4.07. The fourth-order valence-corrected chi connectivity index (χ4v) is 1.01. The van der Waals surface area contributed by atoms with Crippen LogP contribution >= 0.6 is 0 Å². The molecule has 1 rings (SSSR count). The first-order valence-electron chi connectivity index (χ1n) is 4.54. The fraction of sp³-hybridized carbons (Fsp3) is 0.250. The maximum absolute atomic E-state index is 11.1. The summed E-state index contributed by atoms with van der Waals surface area (Å²) in [7, 11) is 0. The van der Waals surface area contributed by atoms with Gasteiger partial charge in [0.2, 0.25) is 0 Å². The molecule has 2 heteroatoms. The van der Waals surface area contributed by atoms with Crippen LogP contribution in [0.3, 0.4) is 0 Å². The highest BCUT2D eigenvalue weighted by atomic mass is 16.5. The van der Waals surface area contributed by atoms with E-state index in [9.17, 15) is 4.79 Å². The van der Waals surface area contributed by atoms with Gasteiger partial charge in [0.1, 0.15) is 6.61 Å². The average Bonchev–Trinajstić information content (AvgIpc) is 2.15. The number of allylic oxidation sites excluding steroid dienone is 1. The normalized spacial score (nSPS) is 9.29. The summed E-state index contributed by atoms with van der Waals surface area (Å²) in [6, 6.07) is 9.63. The predicted molar refractivity (Wildman–Crippen MR) is 55.7 cm³/mol. The molecule has 0 aromatic heterocycles. The molecule has 0 aliphatic rings. The molecule has 0 unspecified atom stereocenters. The highest BCUT2D eigenvalue weighted by molar-refractivity contribution is 5.82. The number of benzene rings is 1. The van der Waals surface area contributed by atoms with E-state index in [1.54, 1.807) is 0 Å². The number of hydrogen-bond acceptors (Lipinski definition) is 2. The summed E-state index contributed by atoms with van der Waals surface area (Å²) in [5.74, 6) is -0.283. The van der Waals surface area contributed by atoms with Crippen molar-refractivity contribution in [3.05, 3.63) is 47.5 Å². The molecular weight excluding hydrogens is 176 g/mol. The van der Waals surface area contributed by atoms with Crippen LogP contribution in [0.1, 0.15) is 19.4 Å². The minimum atomic E-state index is -0.283. The molecule has 0 saturated carbocycles. The highest BCUT2D eigenvalue weighted by Gasteiger charge is 1.97. The van der Waals surface area contributed by atoms with Gasteiger partial charge < -0.3 is 4.74 Å². The van der Waals surface area contributed by atoms with Gasteiger partial charge in [-0.2, -0.15) is 0 Å². The SMILES string of the molecule is CC(C)=CC(=O)OCc1ccccc1. The molecule has 0 aliphatic heterocycles. The Morgan fingerprint density at radius 2 is 1.93 bits per heavy atom. The second kappa shape index (κ2) is 5.22. The molecule has 0 saturated heterocycles. The van der Waals surface area contributed by atoms with Crippen LogP contribution in [0.5, 0.6) is 0 Å². The van der Waals surface area contributed by atoms with E-state index in [1.807, 2.05) is 44.2 Å². The lowest BCUT2D eigenvalue weighted by molar-refractivity contribution is -0.139. The van der Waals surface area contributed by atoms with Crippen molar-refractivity contribution in [1.29, 1.82) is 0 Å². The van der Waals surface area contributed by atoms with Crippen molar-refractivity contribution in [1.82, 2.24) is 0 Å². The Balaban J connectivity index is 2.42. The first kappa shape index (κ1) is 10.5. The predicted octanol–water partition coefficient (Wildman–Crippen LogP) is 2.70. The molecule has 14 heavy (non-hydrogen) atoms. The number of hydrogen-bond donors (Lipinski definition) is 0. The zero-order chi connectivity index (χ0) is 10.4. The lowest BCUT2D eigenvalue weighted by Crippen LogP contribution is -2.01. The molecule has 0 radical (unpaired) electrons. The van der Waals surface area contributed by atoms with Crippen molar-refractivity contribution in [3.63, 3.8) is 0 Å². The molecule has 1 aromatic rings. The van der Waals surface area contributed by atoms with Gasteiger partial charge in [0.05, 0.1) is 0 Å². The molecule has 0 heterocycles. The van der Waals surface area contributed by atoms with Crippen LogP contribution in [-0.2, 0) is 16.1 Å². The van der Waals surface area contributed by atoms with Crippen molar-refractivity contribution in [2.75, 3.05) is 0 Å². The average molecular weight is 190 g/mol. The highest BCUT2D eigenvalue weighted by Crippen LogP contribution is 2.01. The van der Waals surface area contributed by atoms with E-state index in [0.29, 0.717) is 6.61 Å². The second-order valence-corrected chi connectivity index (χ2v) is 3.31. The molecule has 0 atom stereocenters. The fourth-order valence-electron chi connectivity index (χ4n) is 1.01. The van der Waals surface area contributed by atoms with Gasteiger partial charge in [-0.05, 0) is 19.4 Å². The van der Waals surface area contributed by atoms with Crippen molar-refractivity contribution < 1.29 is 9.53 Å². The molecule has 0 aliphatic carbocycles. The van der Waals surface area contributed by atoms with Gasteiger partial charge in [0.15, 0.2) is 0 Å². The van der Waals surface area contributed by atoms with E-state index >= 15 is 0 Å². The molecule has 0 N–H and O–H groups in total. The lowest BCUT2D eigenvalue weighted by Gasteiger charge is -2.01. The van der Waals surface area contributed by atoms with Crippen molar-refractivity contribution >= 4 is 5.97 Å². The van der Waals surface area contributed by atoms with Crippen LogP contribution in [0.15, 0.2) is 42.0 Å². The van der Waals surface area contributed by atoms with Gasteiger partial charge >= 0.3 is 5.97 Å². The molecule has 0 fully saturated rings. The van der Waals surface area contributed by atoms with Crippen LogP contribution in [0.25, 0.3) is 0 Å². The minimum Gasteiger partial charge on any atom is -0.458 e. The monoisotopic (exact) mass is 190 g/mol. The van der Waals surface area contributed by atoms with Gasteiger partial charge in [0, 0.05) is 6.08 Å². The number of carbonyl (C=O) groups is 1. The van der Waals surface area contributed by atoms with Gasteiger partial charge in [-0.25, -0.2) is 4.79 Å². The van der Waals surface area contributed by atoms with Crippen LogP contribution < -0.4 is 0 Å². The van der Waals surface area contributed by atoms with Crippen molar-refractivity contribution in [2.24, 2.45) is 0 Å². The Bertz CT molecular complexity index is 321. The van der Waals surface area contributed by atoms with Gasteiger partial charge in [0.25, 0.3) is 0 Å². The first-order valence-corrected chi connectivity index (χ1v) is 4.54. The van der Waals surface area contributed by atoms with Gasteiger partial charge in [-0.1, -0.05) is 35.9 Å². The Morgan fingerprint density at radius 3 is 2.50 bits per heavy atom. The first-order chi connectivity index (χ1) is 6.68. The summed E-state index contributed by atoms with van der Waals surface area (Å²) in [5, 5.41) is 0. The van der Waals surface area contributed by atoms with Crippen molar-refractivity contribution in [2.45, 2.75) is 20.5 Å². The van der Waals surface area contributed by atoms with E-state index in [-0.39, 0.29) is 5.97 Å². The Morgan fingerprint density at radius 1 is 1.29 bits per heavy atom. The molecule has 1 aromatic carbocycles. The summed E-state index contributed by atoms with van der Waals surface area (Å²) in [6.07, 6.45) is 1.49. The maximum Gasteiger partial charge on any atom is 0.331 e. The zero-order valence-corrected chi connectivity index (χ0v) is 8.49. The summed E-state index contributed by atoms with van der Waals surface area (Å²) >= 11 is 0. The van der Waals surface area contributed by atoms with Crippen LogP contribution in [0.4, 0.5) is 0 Å². The number of rotatable bonds is 3. The number of esters is 1. The molecule has 0 amide bonds. The summed E-state index contributed by atoms with van der Waals surface area (Å²) in [5.41, 5.74) is 1.95.